The third kappa shape index (κ3) is 1.58. The van der Waals surface area contributed by atoms with Gasteiger partial charge in [0.1, 0.15) is 0 Å². The first-order valence-corrected chi connectivity index (χ1v) is 5.16. The molecular weight excluding hydrogens is 134 g/mol. The van der Waals surface area contributed by atoms with Crippen molar-refractivity contribution in [2.24, 2.45) is 0 Å². The standard InChI is InChI=1S/C10H19N/c1-2-6-10(7-3-1)8-4-5-9-11-10/h11H,1-9H2. The zero-order valence-electron chi connectivity index (χ0n) is 7.36. The van der Waals surface area contributed by atoms with Crippen LogP contribution in [0.4, 0.5) is 0 Å². The molecule has 1 heterocycles. The Hall–Kier alpha value is -0.0400. The van der Waals surface area contributed by atoms with Gasteiger partial charge in [0.2, 0.25) is 0 Å². The molecule has 0 amide bonds. The van der Waals surface area contributed by atoms with E-state index in [1.807, 2.05) is 0 Å². The molecule has 2 fully saturated rings. The molecule has 2 aliphatic rings. The lowest BCUT2D eigenvalue weighted by molar-refractivity contribution is 0.184. The Morgan fingerprint density at radius 2 is 1.36 bits per heavy atom. The summed E-state index contributed by atoms with van der Waals surface area (Å²) in [4.78, 5) is 0. The van der Waals surface area contributed by atoms with Crippen LogP contribution >= 0.6 is 0 Å². The summed E-state index contributed by atoms with van der Waals surface area (Å²) >= 11 is 0. The average molecular weight is 153 g/mol. The highest BCUT2D eigenvalue weighted by molar-refractivity contribution is 4.92. The van der Waals surface area contributed by atoms with E-state index >= 15 is 0 Å². The Balaban J connectivity index is 1.94. The first-order chi connectivity index (χ1) is 5.41. The minimum atomic E-state index is 0.608. The highest BCUT2D eigenvalue weighted by Crippen LogP contribution is 2.34. The Morgan fingerprint density at radius 1 is 0.727 bits per heavy atom. The fourth-order valence-electron chi connectivity index (χ4n) is 2.69. The second-order valence-electron chi connectivity index (χ2n) is 4.22. The molecule has 0 aromatic rings. The summed E-state index contributed by atoms with van der Waals surface area (Å²) in [5, 5.41) is 3.73. The summed E-state index contributed by atoms with van der Waals surface area (Å²) in [6, 6.07) is 0. The molecule has 2 rings (SSSR count). The van der Waals surface area contributed by atoms with Gasteiger partial charge in [-0.1, -0.05) is 25.7 Å². The van der Waals surface area contributed by atoms with Crippen LogP contribution in [0.25, 0.3) is 0 Å². The van der Waals surface area contributed by atoms with Crippen LogP contribution in [-0.2, 0) is 0 Å². The summed E-state index contributed by atoms with van der Waals surface area (Å²) in [6.45, 7) is 1.28. The van der Waals surface area contributed by atoms with Gasteiger partial charge in [-0.2, -0.15) is 0 Å². The van der Waals surface area contributed by atoms with E-state index < -0.39 is 0 Å². The maximum atomic E-state index is 3.73. The van der Waals surface area contributed by atoms with E-state index in [0.717, 1.165) is 0 Å². The molecule has 64 valence electrons. The Labute approximate surface area is 69.6 Å². The molecule has 1 heteroatoms. The van der Waals surface area contributed by atoms with Crippen molar-refractivity contribution in [1.29, 1.82) is 0 Å². The lowest BCUT2D eigenvalue weighted by atomic mass is 9.76. The fraction of sp³-hybridized carbons (Fsp3) is 1.00. The Bertz CT molecular complexity index is 99.3. The largest absolute Gasteiger partial charge is 0.311 e. The molecule has 1 saturated heterocycles. The molecule has 1 aliphatic carbocycles. The molecule has 0 bridgehead atoms. The highest BCUT2D eigenvalue weighted by atomic mass is 15.0. The van der Waals surface area contributed by atoms with Crippen molar-refractivity contribution in [1.82, 2.24) is 5.32 Å². The van der Waals surface area contributed by atoms with Crippen LogP contribution in [0, 0.1) is 0 Å². The van der Waals surface area contributed by atoms with Gasteiger partial charge in [-0.3, -0.25) is 0 Å². The second kappa shape index (κ2) is 3.14. The average Bonchev–Trinajstić information content (AvgIpc) is 2.07. The van der Waals surface area contributed by atoms with E-state index in [4.69, 9.17) is 0 Å². The fourth-order valence-corrected chi connectivity index (χ4v) is 2.69. The zero-order valence-corrected chi connectivity index (χ0v) is 7.36. The molecule has 11 heavy (non-hydrogen) atoms. The zero-order chi connectivity index (χ0) is 7.57. The van der Waals surface area contributed by atoms with Gasteiger partial charge in [0.25, 0.3) is 0 Å². The quantitative estimate of drug-likeness (QED) is 0.563. The van der Waals surface area contributed by atoms with Gasteiger partial charge >= 0.3 is 0 Å². The molecule has 0 aromatic heterocycles. The molecule has 1 saturated carbocycles. The topological polar surface area (TPSA) is 12.0 Å². The van der Waals surface area contributed by atoms with E-state index in [1.165, 1.54) is 57.9 Å². The van der Waals surface area contributed by atoms with Crippen LogP contribution in [0.5, 0.6) is 0 Å². The Kier molecular flexibility index (Phi) is 2.17. The van der Waals surface area contributed by atoms with Crippen LogP contribution in [0.15, 0.2) is 0 Å². The number of nitrogens with one attached hydrogen (secondary N) is 1. The van der Waals surface area contributed by atoms with Gasteiger partial charge in [0.05, 0.1) is 0 Å². The van der Waals surface area contributed by atoms with E-state index in [2.05, 4.69) is 5.32 Å². The van der Waals surface area contributed by atoms with Crippen LogP contribution < -0.4 is 5.32 Å². The van der Waals surface area contributed by atoms with Gasteiger partial charge in [-0.25, -0.2) is 0 Å². The SMILES string of the molecule is C1CCC2(CC1)CCCCN2. The van der Waals surface area contributed by atoms with Crippen LogP contribution in [0.1, 0.15) is 51.4 Å². The van der Waals surface area contributed by atoms with Crippen LogP contribution in [0.2, 0.25) is 0 Å². The molecule has 0 atom stereocenters. The van der Waals surface area contributed by atoms with Crippen molar-refractivity contribution in [3.05, 3.63) is 0 Å². The van der Waals surface area contributed by atoms with E-state index in [9.17, 15) is 0 Å². The van der Waals surface area contributed by atoms with E-state index in [1.54, 1.807) is 0 Å². The molecule has 1 spiro atoms. The van der Waals surface area contributed by atoms with Gasteiger partial charge in [0.15, 0.2) is 0 Å². The summed E-state index contributed by atoms with van der Waals surface area (Å²) in [7, 11) is 0. The molecule has 0 aromatic carbocycles. The minimum Gasteiger partial charge on any atom is -0.311 e. The Morgan fingerprint density at radius 3 is 1.91 bits per heavy atom. The number of hydrogen-bond donors (Lipinski definition) is 1. The van der Waals surface area contributed by atoms with Gasteiger partial charge in [-0.15, -0.1) is 0 Å². The maximum absolute atomic E-state index is 3.73. The molecule has 1 aliphatic heterocycles. The molecule has 1 nitrogen and oxygen atoms in total. The summed E-state index contributed by atoms with van der Waals surface area (Å²) < 4.78 is 0. The van der Waals surface area contributed by atoms with Crippen molar-refractivity contribution in [2.75, 3.05) is 6.54 Å². The van der Waals surface area contributed by atoms with Gasteiger partial charge < -0.3 is 5.32 Å². The molecule has 0 unspecified atom stereocenters. The third-order valence-electron chi connectivity index (χ3n) is 3.39. The maximum Gasteiger partial charge on any atom is 0.0181 e. The second-order valence-corrected chi connectivity index (χ2v) is 4.22. The van der Waals surface area contributed by atoms with E-state index in [0.29, 0.717) is 5.54 Å². The first-order valence-electron chi connectivity index (χ1n) is 5.16. The highest BCUT2D eigenvalue weighted by Gasteiger charge is 2.32. The summed E-state index contributed by atoms with van der Waals surface area (Å²) in [6.07, 6.45) is 11.6. The molecule has 0 radical (unpaired) electrons. The predicted octanol–water partition coefficient (Wildman–Crippen LogP) is 2.46. The molecular formula is C10H19N. The lowest BCUT2D eigenvalue weighted by Crippen LogP contribution is -2.49. The minimum absolute atomic E-state index is 0.608. The smallest absolute Gasteiger partial charge is 0.0181 e. The lowest BCUT2D eigenvalue weighted by Gasteiger charge is -2.41. The number of hydrogen-bond acceptors (Lipinski definition) is 1. The number of piperidine rings is 1. The van der Waals surface area contributed by atoms with Crippen molar-refractivity contribution >= 4 is 0 Å². The summed E-state index contributed by atoms with van der Waals surface area (Å²) in [5.74, 6) is 0. The van der Waals surface area contributed by atoms with Crippen molar-refractivity contribution < 1.29 is 0 Å². The normalized spacial score (nSPS) is 30.5. The van der Waals surface area contributed by atoms with Crippen LogP contribution in [0.3, 0.4) is 0 Å². The van der Waals surface area contributed by atoms with Crippen LogP contribution in [-0.4, -0.2) is 12.1 Å². The monoisotopic (exact) mass is 153 g/mol. The third-order valence-corrected chi connectivity index (χ3v) is 3.39. The van der Waals surface area contributed by atoms with E-state index in [-0.39, 0.29) is 0 Å². The summed E-state index contributed by atoms with van der Waals surface area (Å²) in [5.41, 5.74) is 0.608. The molecule has 1 N–H and O–H groups in total. The number of rotatable bonds is 0. The van der Waals surface area contributed by atoms with Crippen molar-refractivity contribution in [3.8, 4) is 0 Å². The van der Waals surface area contributed by atoms with Crippen molar-refractivity contribution in [3.63, 3.8) is 0 Å². The van der Waals surface area contributed by atoms with Gasteiger partial charge in [0, 0.05) is 5.54 Å². The first kappa shape index (κ1) is 7.60. The predicted molar refractivity (Wildman–Crippen MR) is 47.7 cm³/mol. The van der Waals surface area contributed by atoms with Crippen molar-refractivity contribution in [2.45, 2.75) is 56.9 Å². The van der Waals surface area contributed by atoms with Gasteiger partial charge in [-0.05, 0) is 32.2 Å².